The summed E-state index contributed by atoms with van der Waals surface area (Å²) in [5.41, 5.74) is -5.67. The lowest BCUT2D eigenvalue weighted by Crippen LogP contribution is -2.30. The average Bonchev–Trinajstić information content (AvgIpc) is 2.72. The summed E-state index contributed by atoms with van der Waals surface area (Å²) >= 11 is 0. The first-order chi connectivity index (χ1) is 14.5. The molecule has 3 aromatic carbocycles. The molecule has 0 radical (unpaired) electrons. The van der Waals surface area contributed by atoms with Crippen LogP contribution in [0.2, 0.25) is 0 Å². The van der Waals surface area contributed by atoms with E-state index in [0.717, 1.165) is 48.5 Å². The minimum absolute atomic E-state index is 0.0125. The van der Waals surface area contributed by atoms with Crippen molar-refractivity contribution in [2.45, 2.75) is 20.2 Å². The van der Waals surface area contributed by atoms with Crippen LogP contribution in [-0.4, -0.2) is 24.7 Å². The number of halogens is 5. The molecule has 0 saturated carbocycles. The zero-order valence-electron chi connectivity index (χ0n) is 15.8. The van der Waals surface area contributed by atoms with Crippen LogP contribution in [0.4, 0.5) is 22.0 Å². The van der Waals surface area contributed by atoms with Gasteiger partial charge in [-0.1, -0.05) is 0 Å². The Hall–Kier alpha value is -2.63. The molecule has 3 aromatic rings. The molecular weight excluding hydrogens is 463 g/mol. The van der Waals surface area contributed by atoms with Crippen molar-refractivity contribution in [3.05, 3.63) is 84.4 Å². The maximum atomic E-state index is 13.6. The Morgan fingerprint density at radius 1 is 0.710 bits per heavy atom. The second kappa shape index (κ2) is 8.48. The lowest BCUT2D eigenvalue weighted by atomic mass is 10.3. The predicted molar refractivity (Wildman–Crippen MR) is 106 cm³/mol. The quantitative estimate of drug-likeness (QED) is 0.185. The first kappa shape index (κ1) is 23.0. The molecular formula is C20H16F5O4S2+. The van der Waals surface area contributed by atoms with Gasteiger partial charge in [-0.15, -0.1) is 8.42 Å². The molecule has 0 aliphatic rings. The number of hydrogen-bond donors (Lipinski definition) is 0. The molecule has 0 aliphatic carbocycles. The third-order valence-electron chi connectivity index (χ3n) is 4.21. The van der Waals surface area contributed by atoms with Gasteiger partial charge in [0.05, 0.1) is 32.1 Å². The van der Waals surface area contributed by atoms with Gasteiger partial charge in [-0.3, -0.25) is 3.63 Å². The number of benzene rings is 3. The van der Waals surface area contributed by atoms with Crippen molar-refractivity contribution in [3.63, 3.8) is 0 Å². The largest absolute Gasteiger partial charge is 0.572 e. The van der Waals surface area contributed by atoms with Crippen LogP contribution in [-0.2, 0) is 10.1 Å². The number of methoxy groups -OCH3 is 1. The molecule has 11 heteroatoms. The van der Waals surface area contributed by atoms with Crippen LogP contribution in [0.3, 0.4) is 0 Å². The molecule has 0 aromatic heterocycles. The summed E-state index contributed by atoms with van der Waals surface area (Å²) in [6, 6.07) is 14.2. The van der Waals surface area contributed by atoms with Crippen LogP contribution in [0.25, 0.3) is 0 Å². The molecule has 0 amide bonds. The van der Waals surface area contributed by atoms with E-state index < -0.39 is 37.6 Å². The summed E-state index contributed by atoms with van der Waals surface area (Å²) < 4.78 is 100. The van der Waals surface area contributed by atoms with Gasteiger partial charge in [0.25, 0.3) is 0 Å². The first-order valence-corrected chi connectivity index (χ1v) is 11.6. The van der Waals surface area contributed by atoms with E-state index in [2.05, 4.69) is 3.63 Å². The van der Waals surface area contributed by atoms with Gasteiger partial charge in [-0.05, 0) is 72.8 Å². The smallest absolute Gasteiger partial charge is 0.497 e. The Morgan fingerprint density at radius 3 is 1.39 bits per heavy atom. The number of ether oxygens (including phenoxy) is 1. The van der Waals surface area contributed by atoms with Crippen molar-refractivity contribution in [3.8, 4) is 5.75 Å². The standard InChI is InChI=1S/C20H15F5O4S2/c1-28-16-6-12-19(13-7-16)30(17-8-2-14(21)3-9-17,18-10-4-15(22)5-11-18)29-31(26,27)20(23,24)25/h2-13H,1H3/p+1. The number of alkyl halides is 3. The minimum Gasteiger partial charge on any atom is -0.497 e. The molecule has 0 saturated heterocycles. The van der Waals surface area contributed by atoms with Gasteiger partial charge in [0.1, 0.15) is 17.4 Å². The highest BCUT2D eigenvalue weighted by atomic mass is 32.3. The van der Waals surface area contributed by atoms with Crippen LogP contribution in [0.15, 0.2) is 87.5 Å². The van der Waals surface area contributed by atoms with Gasteiger partial charge in [-0.2, -0.15) is 13.2 Å². The minimum atomic E-state index is -5.99. The summed E-state index contributed by atoms with van der Waals surface area (Å²) in [4.78, 5) is 0.122. The fourth-order valence-corrected chi connectivity index (χ4v) is 7.72. The van der Waals surface area contributed by atoms with Crippen LogP contribution >= 0.6 is 10.3 Å². The second-order valence-corrected chi connectivity index (χ2v) is 10.7. The van der Waals surface area contributed by atoms with Crippen molar-refractivity contribution in [1.29, 1.82) is 0 Å². The highest BCUT2D eigenvalue weighted by molar-refractivity contribution is 8.32. The van der Waals surface area contributed by atoms with Crippen LogP contribution in [0.1, 0.15) is 0 Å². The maximum absolute atomic E-state index is 13.6. The van der Waals surface area contributed by atoms with Crippen molar-refractivity contribution in [2.75, 3.05) is 7.11 Å². The molecule has 0 spiro atoms. The monoisotopic (exact) mass is 479 g/mol. The van der Waals surface area contributed by atoms with Crippen LogP contribution in [0, 0.1) is 11.6 Å². The molecule has 0 unspecified atom stereocenters. The molecule has 0 aliphatic heterocycles. The van der Waals surface area contributed by atoms with Gasteiger partial charge < -0.3 is 4.74 Å². The zero-order chi connectivity index (χ0) is 22.9. The molecule has 31 heavy (non-hydrogen) atoms. The van der Waals surface area contributed by atoms with Crippen LogP contribution in [0.5, 0.6) is 5.75 Å². The van der Waals surface area contributed by atoms with E-state index in [1.807, 2.05) is 0 Å². The van der Waals surface area contributed by atoms with E-state index in [1.165, 1.54) is 31.4 Å². The van der Waals surface area contributed by atoms with Gasteiger partial charge in [0.15, 0.2) is 0 Å². The topological polar surface area (TPSA) is 56.2 Å². The Bertz CT molecular complexity index is 1100. The molecule has 3 rings (SSSR count). The normalized spacial score (nSPS) is 13.1. The van der Waals surface area contributed by atoms with E-state index in [1.54, 1.807) is 0 Å². The van der Waals surface area contributed by atoms with Gasteiger partial charge in [-0.25, -0.2) is 8.78 Å². The van der Waals surface area contributed by atoms with Crippen LogP contribution < -0.4 is 4.74 Å². The summed E-state index contributed by atoms with van der Waals surface area (Å²) in [5, 5.41) is 0. The molecule has 166 valence electrons. The number of hydrogen-bond acceptors (Lipinski definition) is 3. The molecule has 4 nitrogen and oxygen atoms in total. The van der Waals surface area contributed by atoms with Crippen molar-refractivity contribution in [2.24, 2.45) is 0 Å². The average molecular weight is 479 g/mol. The van der Waals surface area contributed by atoms with E-state index in [-0.39, 0.29) is 14.7 Å². The molecule has 0 fully saturated rings. The predicted octanol–water partition coefficient (Wildman–Crippen LogP) is 6.11. The summed E-state index contributed by atoms with van der Waals surface area (Å²) in [7, 11) is -8.11. The number of rotatable bonds is 6. The fourth-order valence-electron chi connectivity index (χ4n) is 2.76. The summed E-state index contributed by atoms with van der Waals surface area (Å²) in [6.45, 7) is 0. The molecule has 0 heterocycles. The Morgan fingerprint density at radius 2 is 1.06 bits per heavy atom. The SMILES string of the molecule is COc1ccc(S([OH+]S(=O)(=O)C(F)(F)F)(c2ccc(F)cc2)c2ccc(F)cc2)cc1. The third kappa shape index (κ3) is 4.53. The van der Waals surface area contributed by atoms with Crippen molar-refractivity contribution in [1.82, 2.24) is 0 Å². The maximum Gasteiger partial charge on any atom is 0.572 e. The van der Waals surface area contributed by atoms with Crippen molar-refractivity contribution >= 4 is 20.4 Å². The fraction of sp³-hybridized carbons (Fsp3) is 0.100. The van der Waals surface area contributed by atoms with Crippen molar-refractivity contribution < 1.29 is 38.7 Å². The third-order valence-corrected chi connectivity index (χ3v) is 9.34. The van der Waals surface area contributed by atoms with Gasteiger partial charge in [0, 0.05) is 0 Å². The lowest BCUT2D eigenvalue weighted by Gasteiger charge is -2.34. The lowest BCUT2D eigenvalue weighted by molar-refractivity contribution is -0.0540. The molecule has 0 bridgehead atoms. The molecule has 0 atom stereocenters. The Balaban J connectivity index is 2.39. The Kier molecular flexibility index (Phi) is 6.30. The highest BCUT2D eigenvalue weighted by Gasteiger charge is 2.57. The molecule has 1 N–H and O–H groups in total. The van der Waals surface area contributed by atoms with E-state index in [4.69, 9.17) is 4.74 Å². The first-order valence-electron chi connectivity index (χ1n) is 8.54. The van der Waals surface area contributed by atoms with E-state index in [0.29, 0.717) is 5.75 Å². The Labute approximate surface area is 176 Å². The van der Waals surface area contributed by atoms with Gasteiger partial charge >= 0.3 is 15.6 Å². The van der Waals surface area contributed by atoms with E-state index in [9.17, 15) is 30.4 Å². The highest BCUT2D eigenvalue weighted by Crippen LogP contribution is 2.69. The van der Waals surface area contributed by atoms with Gasteiger partial charge in [0.2, 0.25) is 0 Å². The zero-order valence-corrected chi connectivity index (χ0v) is 17.4. The summed E-state index contributed by atoms with van der Waals surface area (Å²) in [6.07, 6.45) is 0. The van der Waals surface area contributed by atoms with E-state index >= 15 is 0 Å². The second-order valence-electron chi connectivity index (χ2n) is 6.16. The summed E-state index contributed by atoms with van der Waals surface area (Å²) in [5.74, 6) is -0.983.